The summed E-state index contributed by atoms with van der Waals surface area (Å²) in [7, 11) is 0. The van der Waals surface area contributed by atoms with Gasteiger partial charge in [0, 0.05) is 64.8 Å². The lowest BCUT2D eigenvalue weighted by Gasteiger charge is -2.25. The maximum absolute atomic E-state index is 5.75. The fourth-order valence-electron chi connectivity index (χ4n) is 11.3. The highest BCUT2D eigenvalue weighted by atomic mass is 32.1. The first kappa shape index (κ1) is 42.1. The van der Waals surface area contributed by atoms with Gasteiger partial charge in [-0.1, -0.05) is 164 Å². The first-order chi connectivity index (χ1) is 36.7. The van der Waals surface area contributed by atoms with E-state index in [1.807, 2.05) is 0 Å². The van der Waals surface area contributed by atoms with Crippen molar-refractivity contribution in [3.8, 4) is 44.5 Å². The van der Waals surface area contributed by atoms with Crippen LogP contribution in [-0.4, -0.2) is 19.1 Å². The minimum absolute atomic E-state index is 0.627. The van der Waals surface area contributed by atoms with Crippen molar-refractivity contribution in [2.24, 2.45) is 0 Å². The Bertz CT molecular complexity index is 4600. The summed E-state index contributed by atoms with van der Waals surface area (Å²) in [6, 6.07) is 93.9. The van der Waals surface area contributed by atoms with Crippen LogP contribution in [0.3, 0.4) is 0 Å². The highest BCUT2D eigenvalue weighted by Gasteiger charge is 2.23. The molecule has 15 aromatic rings. The zero-order chi connectivity index (χ0) is 48.7. The lowest BCUT2D eigenvalue weighted by molar-refractivity contribution is 1.02. The standard InChI is InChI=1S/C68H43N5S/c1-5-18-44(19-6-1)63-43-49-34-38-58-65(67(49)74-63)66(45-32-36-53(37-33-45)71(50-22-7-2-8-23-50)51-24-9-3-10-25-51)70-68(69-58)73-60-39-35-48(41-56(60)57-40-46-20-13-14-21-47(46)42-62(57)73)54-29-17-31-61-64(54)55-28-15-16-30-59(55)72(61)52-26-11-4-12-27-52/h1-43H. The molecule has 0 aliphatic carbocycles. The first-order valence-electron chi connectivity index (χ1n) is 25.1. The third kappa shape index (κ3) is 6.77. The summed E-state index contributed by atoms with van der Waals surface area (Å²) < 4.78 is 5.85. The molecule has 0 bridgehead atoms. The van der Waals surface area contributed by atoms with E-state index in [9.17, 15) is 0 Å². The maximum Gasteiger partial charge on any atom is 0.235 e. The number of hydrogen-bond acceptors (Lipinski definition) is 4. The summed E-state index contributed by atoms with van der Waals surface area (Å²) >= 11 is 1.81. The molecule has 0 saturated carbocycles. The molecule has 0 saturated heterocycles. The molecule has 6 heteroatoms. The van der Waals surface area contributed by atoms with Crippen LogP contribution in [-0.2, 0) is 0 Å². The molecular weight excluding hydrogens is 919 g/mol. The van der Waals surface area contributed by atoms with Crippen molar-refractivity contribution in [3.05, 3.63) is 261 Å². The van der Waals surface area contributed by atoms with Gasteiger partial charge in [0.1, 0.15) is 0 Å². The quantitative estimate of drug-likeness (QED) is 0.152. The van der Waals surface area contributed by atoms with Crippen LogP contribution in [0.5, 0.6) is 0 Å². The van der Waals surface area contributed by atoms with Gasteiger partial charge in [0.2, 0.25) is 5.95 Å². The second kappa shape index (κ2) is 17.0. The third-order valence-corrected chi connectivity index (χ3v) is 15.9. The number of rotatable bonds is 8. The molecule has 0 N–H and O–H groups in total. The molecule has 0 radical (unpaired) electrons. The van der Waals surface area contributed by atoms with E-state index in [0.29, 0.717) is 5.95 Å². The first-order valence-corrected chi connectivity index (χ1v) is 25.9. The highest BCUT2D eigenvalue weighted by molar-refractivity contribution is 7.23. The van der Waals surface area contributed by atoms with E-state index in [1.54, 1.807) is 11.3 Å². The molecule has 0 atom stereocenters. The van der Waals surface area contributed by atoms with Crippen LogP contribution in [0.15, 0.2) is 261 Å². The second-order valence-electron chi connectivity index (χ2n) is 19.0. The number of hydrogen-bond donors (Lipinski definition) is 0. The molecule has 0 unspecified atom stereocenters. The fourth-order valence-corrected chi connectivity index (χ4v) is 12.5. The van der Waals surface area contributed by atoms with E-state index >= 15 is 0 Å². The minimum Gasteiger partial charge on any atom is -0.311 e. The van der Waals surface area contributed by atoms with Crippen molar-refractivity contribution in [1.29, 1.82) is 0 Å². The molecule has 11 aromatic carbocycles. The SMILES string of the molecule is c1ccc(-c2cc3ccc4nc(-n5c6ccc(-c7cccc8c7c7ccccc7n8-c7ccccc7)cc6c6cc7ccccc7cc65)nc(-c5ccc(N(c6ccccc6)c6ccccc6)cc5)c4c3s2)cc1. The zero-order valence-corrected chi connectivity index (χ0v) is 40.8. The molecule has 4 aromatic heterocycles. The van der Waals surface area contributed by atoms with Crippen molar-refractivity contribution < 1.29 is 0 Å². The summed E-state index contributed by atoms with van der Waals surface area (Å²) in [5, 5.41) is 9.32. The average molecular weight is 962 g/mol. The van der Waals surface area contributed by atoms with Crippen molar-refractivity contribution in [3.63, 3.8) is 0 Å². The number of para-hydroxylation sites is 4. The van der Waals surface area contributed by atoms with E-state index in [2.05, 4.69) is 275 Å². The number of fused-ring (bicyclic) bond motifs is 10. The fraction of sp³-hybridized carbons (Fsp3) is 0. The van der Waals surface area contributed by atoms with Crippen molar-refractivity contribution >= 4 is 104 Å². The summed E-state index contributed by atoms with van der Waals surface area (Å²) in [5.74, 6) is 0.627. The van der Waals surface area contributed by atoms with Gasteiger partial charge in [0.15, 0.2) is 0 Å². The molecular formula is C68H43N5S. The monoisotopic (exact) mass is 961 g/mol. The Morgan fingerprint density at radius 1 is 0.351 bits per heavy atom. The van der Waals surface area contributed by atoms with Gasteiger partial charge in [-0.05, 0) is 130 Å². The highest BCUT2D eigenvalue weighted by Crippen LogP contribution is 2.45. The van der Waals surface area contributed by atoms with Gasteiger partial charge < -0.3 is 9.47 Å². The maximum atomic E-state index is 5.75. The van der Waals surface area contributed by atoms with Crippen LogP contribution in [0.2, 0.25) is 0 Å². The Morgan fingerprint density at radius 3 is 1.72 bits per heavy atom. The molecule has 15 rings (SSSR count). The lowest BCUT2D eigenvalue weighted by atomic mass is 9.97. The number of anilines is 3. The predicted octanol–water partition coefficient (Wildman–Crippen LogP) is 18.7. The Hall–Kier alpha value is -9.62. The number of aromatic nitrogens is 4. The van der Waals surface area contributed by atoms with Gasteiger partial charge in [-0.3, -0.25) is 4.57 Å². The summed E-state index contributed by atoms with van der Waals surface area (Å²) in [4.78, 5) is 14.8. The molecule has 5 nitrogen and oxygen atoms in total. The Kier molecular flexibility index (Phi) is 9.68. The van der Waals surface area contributed by atoms with Crippen LogP contribution in [0.4, 0.5) is 17.1 Å². The molecule has 4 heterocycles. The van der Waals surface area contributed by atoms with Gasteiger partial charge >= 0.3 is 0 Å². The summed E-state index contributed by atoms with van der Waals surface area (Å²) in [5.41, 5.74) is 15.2. The molecule has 0 aliphatic rings. The smallest absolute Gasteiger partial charge is 0.235 e. The minimum atomic E-state index is 0.627. The lowest BCUT2D eigenvalue weighted by Crippen LogP contribution is -2.09. The molecule has 74 heavy (non-hydrogen) atoms. The van der Waals surface area contributed by atoms with Gasteiger partial charge in [-0.15, -0.1) is 11.3 Å². The number of nitrogens with zero attached hydrogens (tertiary/aromatic N) is 5. The van der Waals surface area contributed by atoms with Gasteiger partial charge in [-0.2, -0.15) is 0 Å². The normalized spacial score (nSPS) is 11.8. The summed E-state index contributed by atoms with van der Waals surface area (Å²) in [6.45, 7) is 0. The van der Waals surface area contributed by atoms with Gasteiger partial charge in [0.05, 0.1) is 33.3 Å². The van der Waals surface area contributed by atoms with Crippen molar-refractivity contribution in [1.82, 2.24) is 19.1 Å². The van der Waals surface area contributed by atoms with Crippen LogP contribution < -0.4 is 4.90 Å². The zero-order valence-electron chi connectivity index (χ0n) is 40.0. The third-order valence-electron chi connectivity index (χ3n) is 14.7. The van der Waals surface area contributed by atoms with Crippen LogP contribution in [0.25, 0.3) is 120 Å². The largest absolute Gasteiger partial charge is 0.311 e. The van der Waals surface area contributed by atoms with Crippen molar-refractivity contribution in [2.75, 3.05) is 4.90 Å². The van der Waals surface area contributed by atoms with Crippen LogP contribution >= 0.6 is 11.3 Å². The van der Waals surface area contributed by atoms with Gasteiger partial charge in [-0.25, -0.2) is 9.97 Å². The van der Waals surface area contributed by atoms with E-state index in [0.717, 1.165) is 77.7 Å². The molecule has 0 spiro atoms. The van der Waals surface area contributed by atoms with E-state index in [1.165, 1.54) is 53.3 Å². The average Bonchev–Trinajstić information content (AvgIpc) is 4.18. The molecule has 0 fully saturated rings. The molecule has 0 amide bonds. The Balaban J connectivity index is 0.966. The van der Waals surface area contributed by atoms with Gasteiger partial charge in [0.25, 0.3) is 0 Å². The van der Waals surface area contributed by atoms with E-state index in [4.69, 9.17) is 9.97 Å². The Morgan fingerprint density at radius 2 is 0.959 bits per heavy atom. The van der Waals surface area contributed by atoms with E-state index < -0.39 is 0 Å². The number of benzene rings is 11. The van der Waals surface area contributed by atoms with Crippen LogP contribution in [0.1, 0.15) is 0 Å². The molecule has 346 valence electrons. The Labute approximate surface area is 430 Å². The topological polar surface area (TPSA) is 38.9 Å². The second-order valence-corrected chi connectivity index (χ2v) is 20.0. The summed E-state index contributed by atoms with van der Waals surface area (Å²) in [6.07, 6.45) is 0. The van der Waals surface area contributed by atoms with E-state index in [-0.39, 0.29) is 0 Å². The van der Waals surface area contributed by atoms with Crippen molar-refractivity contribution in [2.45, 2.75) is 0 Å². The predicted molar refractivity (Wildman–Crippen MR) is 312 cm³/mol. The molecule has 0 aliphatic heterocycles. The van der Waals surface area contributed by atoms with Crippen LogP contribution in [0, 0.1) is 0 Å². The number of thiophene rings is 1.